The van der Waals surface area contributed by atoms with Crippen LogP contribution in [0.3, 0.4) is 0 Å². The fourth-order valence-electron chi connectivity index (χ4n) is 2.60. The molecule has 0 aliphatic carbocycles. The number of carbonyl (C=O) groups is 1. The summed E-state index contributed by atoms with van der Waals surface area (Å²) in [4.78, 5) is 29.3. The zero-order valence-electron chi connectivity index (χ0n) is 13.6. The fraction of sp³-hybridized carbons (Fsp3) is 0. The third kappa shape index (κ3) is 3.18. The molecule has 0 saturated heterocycles. The number of rotatable bonds is 3. The summed E-state index contributed by atoms with van der Waals surface area (Å²) in [6.07, 6.45) is 2.62. The van der Waals surface area contributed by atoms with Gasteiger partial charge in [0.05, 0.1) is 22.5 Å². The molecule has 0 radical (unpaired) electrons. The number of carbonyl (C=O) groups excluding carboxylic acids is 1. The van der Waals surface area contributed by atoms with E-state index in [1.807, 2.05) is 0 Å². The van der Waals surface area contributed by atoms with Crippen LogP contribution in [0.5, 0.6) is 0 Å². The largest absolute Gasteiger partial charge is 0.283 e. The van der Waals surface area contributed by atoms with Crippen molar-refractivity contribution in [2.45, 2.75) is 0 Å². The average molecular weight is 400 g/mol. The van der Waals surface area contributed by atoms with Crippen molar-refractivity contribution in [3.05, 3.63) is 87.0 Å². The number of nitrogens with zero attached hydrogens (tertiary/aromatic N) is 4. The van der Waals surface area contributed by atoms with Gasteiger partial charge in [0.2, 0.25) is 0 Å². The monoisotopic (exact) mass is 399 g/mol. The molecule has 9 heteroatoms. The van der Waals surface area contributed by atoms with Crippen molar-refractivity contribution in [3.63, 3.8) is 0 Å². The first-order valence-corrected chi connectivity index (χ1v) is 8.57. The summed E-state index contributed by atoms with van der Waals surface area (Å²) < 4.78 is 2.50. The van der Waals surface area contributed by atoms with Crippen LogP contribution in [0.1, 0.15) is 10.4 Å². The van der Waals surface area contributed by atoms with Gasteiger partial charge in [-0.25, -0.2) is 14.3 Å². The van der Waals surface area contributed by atoms with E-state index in [1.165, 1.54) is 17.2 Å². The van der Waals surface area contributed by atoms with Crippen molar-refractivity contribution >= 4 is 40.1 Å². The summed E-state index contributed by atoms with van der Waals surface area (Å²) in [5.74, 6) is -0.522. The van der Waals surface area contributed by atoms with Crippen molar-refractivity contribution < 1.29 is 4.79 Å². The maximum Gasteiger partial charge on any atom is 0.283 e. The Hall–Kier alpha value is -3.16. The molecular formula is C18H11Cl2N5O2. The Morgan fingerprint density at radius 3 is 2.67 bits per heavy atom. The van der Waals surface area contributed by atoms with Crippen molar-refractivity contribution in [2.75, 3.05) is 5.43 Å². The Morgan fingerprint density at radius 2 is 1.89 bits per heavy atom. The lowest BCUT2D eigenvalue weighted by Gasteiger charge is -2.09. The van der Waals surface area contributed by atoms with Gasteiger partial charge in [-0.05, 0) is 30.3 Å². The molecule has 2 aromatic carbocycles. The van der Waals surface area contributed by atoms with Crippen LogP contribution in [0.4, 0.5) is 0 Å². The molecule has 7 nitrogen and oxygen atoms in total. The van der Waals surface area contributed by atoms with E-state index in [0.29, 0.717) is 16.4 Å². The van der Waals surface area contributed by atoms with Gasteiger partial charge >= 0.3 is 0 Å². The maximum atomic E-state index is 12.7. The van der Waals surface area contributed by atoms with E-state index in [9.17, 15) is 9.59 Å². The van der Waals surface area contributed by atoms with E-state index >= 15 is 0 Å². The van der Waals surface area contributed by atoms with Crippen LogP contribution in [0.25, 0.3) is 16.7 Å². The molecule has 27 heavy (non-hydrogen) atoms. The summed E-state index contributed by atoms with van der Waals surface area (Å²) in [5, 5.41) is 5.28. The lowest BCUT2D eigenvalue weighted by Crippen LogP contribution is -2.33. The minimum atomic E-state index is -0.522. The van der Waals surface area contributed by atoms with E-state index in [-0.39, 0.29) is 16.0 Å². The van der Waals surface area contributed by atoms with Crippen LogP contribution in [0, 0.1) is 0 Å². The van der Waals surface area contributed by atoms with Crippen LogP contribution in [-0.2, 0) is 0 Å². The molecule has 4 aromatic rings. The number of hydrogen-bond donors (Lipinski definition) is 1. The van der Waals surface area contributed by atoms with E-state index in [4.69, 9.17) is 23.2 Å². The van der Waals surface area contributed by atoms with Crippen LogP contribution >= 0.6 is 23.2 Å². The van der Waals surface area contributed by atoms with Crippen LogP contribution in [0.2, 0.25) is 10.0 Å². The number of hydrogen-bond acceptors (Lipinski definition) is 4. The van der Waals surface area contributed by atoms with Gasteiger partial charge in [0.15, 0.2) is 5.65 Å². The SMILES string of the molecule is O=C(Nn1cnc2c(cnn2-c2cccc(Cl)c2)c1=O)c1ccccc1Cl. The molecule has 0 fully saturated rings. The van der Waals surface area contributed by atoms with Crippen molar-refractivity contribution in [3.8, 4) is 5.69 Å². The summed E-state index contributed by atoms with van der Waals surface area (Å²) in [7, 11) is 0. The third-order valence-electron chi connectivity index (χ3n) is 3.88. The molecule has 1 N–H and O–H groups in total. The highest BCUT2D eigenvalue weighted by atomic mass is 35.5. The molecular weight excluding hydrogens is 389 g/mol. The van der Waals surface area contributed by atoms with E-state index in [0.717, 1.165) is 4.68 Å². The van der Waals surface area contributed by atoms with Gasteiger partial charge in [0, 0.05) is 5.02 Å². The second kappa shape index (κ2) is 6.86. The molecule has 0 atom stereocenters. The predicted molar refractivity (Wildman–Crippen MR) is 103 cm³/mol. The number of halogens is 2. The highest BCUT2D eigenvalue weighted by Crippen LogP contribution is 2.18. The lowest BCUT2D eigenvalue weighted by molar-refractivity contribution is 0.101. The molecule has 2 aromatic heterocycles. The third-order valence-corrected chi connectivity index (χ3v) is 4.45. The first kappa shape index (κ1) is 17.3. The number of nitrogens with one attached hydrogen (secondary N) is 1. The molecule has 1 amide bonds. The zero-order valence-corrected chi connectivity index (χ0v) is 15.1. The van der Waals surface area contributed by atoms with Crippen LogP contribution in [-0.4, -0.2) is 25.3 Å². The summed E-state index contributed by atoms with van der Waals surface area (Å²) in [6.45, 7) is 0. The molecule has 4 rings (SSSR count). The second-order valence-electron chi connectivity index (χ2n) is 5.61. The average Bonchev–Trinajstić information content (AvgIpc) is 3.09. The fourth-order valence-corrected chi connectivity index (χ4v) is 3.01. The Morgan fingerprint density at radius 1 is 1.07 bits per heavy atom. The molecule has 0 bridgehead atoms. The topological polar surface area (TPSA) is 81.8 Å². The molecule has 0 aliphatic heterocycles. The molecule has 0 saturated carbocycles. The van der Waals surface area contributed by atoms with Gasteiger partial charge in [-0.1, -0.05) is 41.4 Å². The molecule has 0 aliphatic rings. The second-order valence-corrected chi connectivity index (χ2v) is 6.46. The lowest BCUT2D eigenvalue weighted by atomic mass is 10.2. The molecule has 2 heterocycles. The summed E-state index contributed by atoms with van der Waals surface area (Å²) in [6, 6.07) is 13.6. The van der Waals surface area contributed by atoms with Crippen molar-refractivity contribution in [1.29, 1.82) is 0 Å². The van der Waals surface area contributed by atoms with Crippen molar-refractivity contribution in [2.24, 2.45) is 0 Å². The minimum Gasteiger partial charge on any atom is -0.267 e. The molecule has 134 valence electrons. The quantitative estimate of drug-likeness (QED) is 0.572. The normalized spacial score (nSPS) is 10.9. The zero-order chi connectivity index (χ0) is 19.0. The van der Waals surface area contributed by atoms with Crippen LogP contribution < -0.4 is 11.0 Å². The maximum absolute atomic E-state index is 12.7. The Bertz CT molecular complexity index is 1230. The molecule has 0 spiro atoms. The van der Waals surface area contributed by atoms with Crippen LogP contribution in [0.15, 0.2) is 65.8 Å². The highest BCUT2D eigenvalue weighted by Gasteiger charge is 2.15. The Kier molecular flexibility index (Phi) is 4.39. The summed E-state index contributed by atoms with van der Waals surface area (Å²) in [5.41, 5.74) is 3.29. The van der Waals surface area contributed by atoms with Gasteiger partial charge in [0.25, 0.3) is 11.5 Å². The Balaban J connectivity index is 1.73. The molecule has 0 unspecified atom stereocenters. The smallest absolute Gasteiger partial charge is 0.267 e. The van der Waals surface area contributed by atoms with Gasteiger partial charge in [-0.15, -0.1) is 0 Å². The van der Waals surface area contributed by atoms with Gasteiger partial charge in [-0.2, -0.15) is 5.10 Å². The highest BCUT2D eigenvalue weighted by molar-refractivity contribution is 6.34. The summed E-state index contributed by atoms with van der Waals surface area (Å²) >= 11 is 12.0. The van der Waals surface area contributed by atoms with E-state index < -0.39 is 11.5 Å². The standard InChI is InChI=1S/C18H11Cl2N5O2/c19-11-4-3-5-12(8-11)25-16-14(9-22-25)18(27)24(10-21-16)23-17(26)13-6-1-2-7-15(13)20/h1-10H,(H,23,26). The number of fused-ring (bicyclic) bond motifs is 1. The van der Waals surface area contributed by atoms with E-state index in [2.05, 4.69) is 15.5 Å². The predicted octanol–water partition coefficient (Wildman–Crippen LogP) is 3.27. The number of aromatic nitrogens is 4. The Labute approximate surface area is 162 Å². The van der Waals surface area contributed by atoms with Crippen molar-refractivity contribution in [1.82, 2.24) is 19.4 Å². The number of amides is 1. The van der Waals surface area contributed by atoms with Gasteiger partial charge < -0.3 is 0 Å². The van der Waals surface area contributed by atoms with Gasteiger partial charge in [-0.3, -0.25) is 15.0 Å². The minimum absolute atomic E-state index is 0.247. The van der Waals surface area contributed by atoms with Gasteiger partial charge in [0.1, 0.15) is 11.7 Å². The number of benzene rings is 2. The first-order chi connectivity index (χ1) is 13.0. The first-order valence-electron chi connectivity index (χ1n) is 7.82. The van der Waals surface area contributed by atoms with E-state index in [1.54, 1.807) is 48.5 Å².